The van der Waals surface area contributed by atoms with Crippen LogP contribution in [0.1, 0.15) is 16.1 Å². The third kappa shape index (κ3) is 5.34. The van der Waals surface area contributed by atoms with Crippen molar-refractivity contribution in [2.45, 2.75) is 19.8 Å². The third-order valence-electron chi connectivity index (χ3n) is 3.41. The number of rotatable bonds is 4. The molecule has 1 aromatic heterocycles. The maximum atomic E-state index is 8.58. The number of hydrogen-bond donors (Lipinski definition) is 1. The Labute approximate surface area is 140 Å². The van der Waals surface area contributed by atoms with E-state index in [1.807, 2.05) is 6.92 Å². The summed E-state index contributed by atoms with van der Waals surface area (Å²) in [4.78, 5) is 13.1. The molecule has 0 spiro atoms. The molecule has 2 N–H and O–H groups in total. The molecule has 118 valence electrons. The maximum absolute atomic E-state index is 8.58. The van der Waals surface area contributed by atoms with Crippen molar-refractivity contribution >= 4 is 17.7 Å². The monoisotopic (exact) mass is 324 g/mol. The third-order valence-corrected chi connectivity index (χ3v) is 4.19. The number of primary amides is 1. The van der Waals surface area contributed by atoms with Crippen LogP contribution in [0.4, 0.5) is 0 Å². The van der Waals surface area contributed by atoms with Crippen molar-refractivity contribution in [1.29, 1.82) is 0 Å². The summed E-state index contributed by atoms with van der Waals surface area (Å²) in [6, 6.07) is 19.4. The summed E-state index contributed by atoms with van der Waals surface area (Å²) in [5, 5.41) is 3.24. The number of hydrogen-bond acceptors (Lipinski definition) is 3. The van der Waals surface area contributed by atoms with Gasteiger partial charge in [-0.2, -0.15) is 0 Å². The van der Waals surface area contributed by atoms with E-state index in [1.54, 1.807) is 11.3 Å². The molecular weight excluding hydrogens is 304 g/mol. The molecule has 4 heteroatoms. The Bertz CT molecular complexity index is 721. The molecule has 23 heavy (non-hydrogen) atoms. The number of benzene rings is 2. The van der Waals surface area contributed by atoms with Crippen LogP contribution in [-0.4, -0.2) is 11.4 Å². The zero-order valence-corrected chi connectivity index (χ0v) is 13.9. The van der Waals surface area contributed by atoms with E-state index in [-0.39, 0.29) is 6.41 Å². The van der Waals surface area contributed by atoms with Crippen LogP contribution in [0.3, 0.4) is 0 Å². The summed E-state index contributed by atoms with van der Waals surface area (Å²) in [5.41, 5.74) is 9.23. The Hall–Kier alpha value is -2.46. The average molecular weight is 324 g/mol. The van der Waals surface area contributed by atoms with Gasteiger partial charge >= 0.3 is 0 Å². The smallest absolute Gasteiger partial charge is 0.204 e. The molecule has 0 aliphatic heterocycles. The minimum Gasteiger partial charge on any atom is -0.372 e. The van der Waals surface area contributed by atoms with Crippen molar-refractivity contribution in [2.75, 3.05) is 0 Å². The van der Waals surface area contributed by atoms with Gasteiger partial charge in [0.05, 0.1) is 10.7 Å². The molecule has 0 fully saturated rings. The first-order chi connectivity index (χ1) is 11.2. The lowest BCUT2D eigenvalue weighted by atomic mass is 10.0. The number of nitrogens with two attached hydrogens (primary N) is 1. The molecule has 3 aromatic rings. The quantitative estimate of drug-likeness (QED) is 0.737. The van der Waals surface area contributed by atoms with Crippen molar-refractivity contribution in [3.63, 3.8) is 0 Å². The highest BCUT2D eigenvalue weighted by molar-refractivity contribution is 7.09. The van der Waals surface area contributed by atoms with E-state index in [2.05, 4.69) is 70.7 Å². The Balaban J connectivity index is 0.000000595. The summed E-state index contributed by atoms with van der Waals surface area (Å²) in [5.74, 6) is 0. The largest absolute Gasteiger partial charge is 0.372 e. The van der Waals surface area contributed by atoms with E-state index >= 15 is 0 Å². The highest BCUT2D eigenvalue weighted by Gasteiger charge is 2.02. The Morgan fingerprint density at radius 1 is 1.00 bits per heavy atom. The molecular formula is C19H20N2OS. The second-order valence-electron chi connectivity index (χ2n) is 5.07. The Kier molecular flexibility index (Phi) is 6.51. The summed E-state index contributed by atoms with van der Waals surface area (Å²) in [6.45, 7) is 2.04. The van der Waals surface area contributed by atoms with Gasteiger partial charge in [0.1, 0.15) is 0 Å². The van der Waals surface area contributed by atoms with Crippen molar-refractivity contribution in [3.8, 4) is 11.3 Å². The van der Waals surface area contributed by atoms with Crippen molar-refractivity contribution in [3.05, 3.63) is 76.1 Å². The molecule has 3 nitrogen and oxygen atoms in total. The molecule has 3 rings (SSSR count). The number of nitrogens with zero attached hydrogens (tertiary/aromatic N) is 1. The Morgan fingerprint density at radius 3 is 2.09 bits per heavy atom. The predicted molar refractivity (Wildman–Crippen MR) is 96.4 cm³/mol. The molecule has 0 unspecified atom stereocenters. The number of aromatic nitrogens is 1. The van der Waals surface area contributed by atoms with E-state index in [1.165, 1.54) is 16.7 Å². The topological polar surface area (TPSA) is 56.0 Å². The summed E-state index contributed by atoms with van der Waals surface area (Å²) in [7, 11) is 0. The zero-order valence-electron chi connectivity index (χ0n) is 13.1. The van der Waals surface area contributed by atoms with Gasteiger partial charge in [-0.15, -0.1) is 11.3 Å². The molecule has 0 aliphatic rings. The minimum absolute atomic E-state index is 0.250. The van der Waals surface area contributed by atoms with Gasteiger partial charge in [0.25, 0.3) is 0 Å². The fourth-order valence-corrected chi connectivity index (χ4v) is 2.89. The first-order valence-electron chi connectivity index (χ1n) is 7.43. The summed E-state index contributed by atoms with van der Waals surface area (Å²) >= 11 is 1.70. The van der Waals surface area contributed by atoms with E-state index in [9.17, 15) is 0 Å². The van der Waals surface area contributed by atoms with Crippen LogP contribution in [-0.2, 0) is 17.6 Å². The molecule has 0 atom stereocenters. The lowest BCUT2D eigenvalue weighted by Gasteiger charge is -2.03. The SMILES string of the molecule is Cc1nc(-c2ccc(CCc3ccccc3)cc2)cs1.NC=O. The number of carbonyl (C=O) groups excluding carboxylic acids is 1. The number of amides is 1. The van der Waals surface area contributed by atoms with E-state index in [0.717, 1.165) is 23.5 Å². The molecule has 1 heterocycles. The predicted octanol–water partition coefficient (Wildman–Crippen LogP) is 4.01. The fourth-order valence-electron chi connectivity index (χ4n) is 2.27. The van der Waals surface area contributed by atoms with Gasteiger partial charge in [0.2, 0.25) is 6.41 Å². The van der Waals surface area contributed by atoms with Crippen LogP contribution in [0.25, 0.3) is 11.3 Å². The van der Waals surface area contributed by atoms with Gasteiger partial charge in [-0.05, 0) is 30.9 Å². The maximum Gasteiger partial charge on any atom is 0.204 e. The molecule has 1 amide bonds. The van der Waals surface area contributed by atoms with Crippen LogP contribution in [0, 0.1) is 6.92 Å². The van der Waals surface area contributed by atoms with Gasteiger partial charge < -0.3 is 5.73 Å². The molecule has 0 saturated heterocycles. The van der Waals surface area contributed by atoms with Crippen LogP contribution in [0.2, 0.25) is 0 Å². The zero-order chi connectivity index (χ0) is 16.5. The van der Waals surface area contributed by atoms with Crippen LogP contribution in [0.15, 0.2) is 60.0 Å². The van der Waals surface area contributed by atoms with Crippen molar-refractivity contribution in [2.24, 2.45) is 5.73 Å². The lowest BCUT2D eigenvalue weighted by Crippen LogP contribution is -1.91. The Morgan fingerprint density at radius 2 is 1.57 bits per heavy atom. The molecule has 0 radical (unpaired) electrons. The van der Waals surface area contributed by atoms with Crippen LogP contribution < -0.4 is 5.73 Å². The summed E-state index contributed by atoms with van der Waals surface area (Å²) in [6.07, 6.45) is 2.43. The fraction of sp³-hybridized carbons (Fsp3) is 0.158. The summed E-state index contributed by atoms with van der Waals surface area (Å²) < 4.78 is 0. The van der Waals surface area contributed by atoms with Gasteiger partial charge in [0.15, 0.2) is 0 Å². The van der Waals surface area contributed by atoms with E-state index < -0.39 is 0 Å². The van der Waals surface area contributed by atoms with Gasteiger partial charge in [-0.25, -0.2) is 4.98 Å². The average Bonchev–Trinajstić information content (AvgIpc) is 3.02. The van der Waals surface area contributed by atoms with Gasteiger partial charge in [0, 0.05) is 10.9 Å². The van der Waals surface area contributed by atoms with Gasteiger partial charge in [-0.1, -0.05) is 54.6 Å². The first-order valence-corrected chi connectivity index (χ1v) is 8.31. The number of thiazole rings is 1. The van der Waals surface area contributed by atoms with Crippen LogP contribution in [0.5, 0.6) is 0 Å². The molecule has 0 saturated carbocycles. The first kappa shape index (κ1) is 16.9. The second kappa shape index (κ2) is 8.86. The normalized spacial score (nSPS) is 9.78. The minimum atomic E-state index is 0.250. The number of aryl methyl sites for hydroxylation is 3. The van der Waals surface area contributed by atoms with Crippen molar-refractivity contribution < 1.29 is 4.79 Å². The molecule has 2 aromatic carbocycles. The van der Waals surface area contributed by atoms with Crippen LogP contribution >= 0.6 is 11.3 Å². The van der Waals surface area contributed by atoms with E-state index in [4.69, 9.17) is 4.79 Å². The highest BCUT2D eigenvalue weighted by atomic mass is 32.1. The number of carbonyl (C=O) groups is 1. The molecule has 0 bridgehead atoms. The van der Waals surface area contributed by atoms with E-state index in [0.29, 0.717) is 0 Å². The highest BCUT2D eigenvalue weighted by Crippen LogP contribution is 2.22. The second-order valence-corrected chi connectivity index (χ2v) is 6.13. The molecule has 0 aliphatic carbocycles. The van der Waals surface area contributed by atoms with Crippen molar-refractivity contribution in [1.82, 2.24) is 4.98 Å². The lowest BCUT2D eigenvalue weighted by molar-refractivity contribution is -0.106. The standard InChI is InChI=1S/C18H17NS.CH3NO/c1-14-19-18(13-20-14)17-11-9-16(10-12-17)8-7-15-5-3-2-4-6-15;2-1-3/h2-6,9-13H,7-8H2,1H3;1H,(H2,2,3). The van der Waals surface area contributed by atoms with Gasteiger partial charge in [-0.3, -0.25) is 4.79 Å².